The number of imidazole rings is 1. The van der Waals surface area contributed by atoms with Gasteiger partial charge in [-0.05, 0) is 41.5 Å². The number of aromatic nitrogens is 2. The van der Waals surface area contributed by atoms with E-state index in [1.54, 1.807) is 6.08 Å². The molecule has 1 aromatic heterocycles. The highest BCUT2D eigenvalue weighted by Gasteiger charge is 2.11. The SMILES string of the molecule is Cn1c(CNC(=O)/C=C/c2ccc3c(c2)CCO3)nc2ccccc21. The van der Waals surface area contributed by atoms with E-state index < -0.39 is 0 Å². The second-order valence-corrected chi connectivity index (χ2v) is 6.09. The Hall–Kier alpha value is -3.08. The lowest BCUT2D eigenvalue weighted by Gasteiger charge is -2.03. The molecule has 126 valence electrons. The van der Waals surface area contributed by atoms with Gasteiger partial charge in [-0.2, -0.15) is 0 Å². The molecule has 0 spiro atoms. The third kappa shape index (κ3) is 3.13. The van der Waals surface area contributed by atoms with Gasteiger partial charge in [0.2, 0.25) is 5.91 Å². The third-order valence-electron chi connectivity index (χ3n) is 4.44. The Balaban J connectivity index is 1.41. The van der Waals surface area contributed by atoms with Crippen LogP contribution in [0.3, 0.4) is 0 Å². The number of para-hydroxylation sites is 2. The zero-order chi connectivity index (χ0) is 17.2. The van der Waals surface area contributed by atoms with Gasteiger partial charge in [0.05, 0.1) is 24.2 Å². The van der Waals surface area contributed by atoms with Gasteiger partial charge in [0.1, 0.15) is 11.6 Å². The monoisotopic (exact) mass is 333 g/mol. The van der Waals surface area contributed by atoms with Crippen molar-refractivity contribution in [2.75, 3.05) is 6.61 Å². The van der Waals surface area contributed by atoms with Gasteiger partial charge in [0, 0.05) is 19.5 Å². The van der Waals surface area contributed by atoms with E-state index in [4.69, 9.17) is 4.74 Å². The average molecular weight is 333 g/mol. The summed E-state index contributed by atoms with van der Waals surface area (Å²) in [5.41, 5.74) is 4.19. The van der Waals surface area contributed by atoms with Crippen LogP contribution in [0.2, 0.25) is 0 Å². The van der Waals surface area contributed by atoms with Crippen molar-refractivity contribution in [1.29, 1.82) is 0 Å². The van der Waals surface area contributed by atoms with Crippen LogP contribution in [-0.2, 0) is 24.8 Å². The predicted molar refractivity (Wildman–Crippen MR) is 97.2 cm³/mol. The number of nitrogens with one attached hydrogen (secondary N) is 1. The van der Waals surface area contributed by atoms with E-state index in [-0.39, 0.29) is 5.91 Å². The molecule has 0 atom stereocenters. The van der Waals surface area contributed by atoms with Crippen molar-refractivity contribution in [2.24, 2.45) is 7.05 Å². The molecule has 5 heteroatoms. The van der Waals surface area contributed by atoms with Gasteiger partial charge in [-0.1, -0.05) is 18.2 Å². The van der Waals surface area contributed by atoms with Crippen LogP contribution >= 0.6 is 0 Å². The van der Waals surface area contributed by atoms with Crippen molar-refractivity contribution < 1.29 is 9.53 Å². The lowest BCUT2D eigenvalue weighted by molar-refractivity contribution is -0.116. The van der Waals surface area contributed by atoms with Gasteiger partial charge in [0.15, 0.2) is 0 Å². The quantitative estimate of drug-likeness (QED) is 0.747. The van der Waals surface area contributed by atoms with Crippen molar-refractivity contribution in [3.05, 3.63) is 65.5 Å². The molecular formula is C20H19N3O2. The number of rotatable bonds is 4. The smallest absolute Gasteiger partial charge is 0.244 e. The van der Waals surface area contributed by atoms with E-state index in [9.17, 15) is 4.79 Å². The van der Waals surface area contributed by atoms with Crippen LogP contribution in [-0.4, -0.2) is 22.1 Å². The third-order valence-corrected chi connectivity index (χ3v) is 4.44. The Labute approximate surface area is 145 Å². The number of amides is 1. The molecule has 1 aliphatic rings. The minimum atomic E-state index is -0.135. The van der Waals surface area contributed by atoms with Crippen LogP contribution in [0.5, 0.6) is 5.75 Å². The first-order valence-electron chi connectivity index (χ1n) is 8.33. The minimum absolute atomic E-state index is 0.135. The Kier molecular flexibility index (Phi) is 3.98. The molecule has 2 heterocycles. The number of fused-ring (bicyclic) bond motifs is 2. The number of hydrogen-bond acceptors (Lipinski definition) is 3. The maximum atomic E-state index is 12.1. The first-order chi connectivity index (χ1) is 12.2. The van der Waals surface area contributed by atoms with Crippen LogP contribution in [0, 0.1) is 0 Å². The molecule has 0 radical (unpaired) electrons. The lowest BCUT2D eigenvalue weighted by atomic mass is 10.1. The Morgan fingerprint density at radius 2 is 2.20 bits per heavy atom. The molecule has 5 nitrogen and oxygen atoms in total. The molecule has 1 amide bonds. The molecule has 1 N–H and O–H groups in total. The molecule has 25 heavy (non-hydrogen) atoms. The Bertz CT molecular complexity index is 972. The molecule has 3 aromatic rings. The summed E-state index contributed by atoms with van der Waals surface area (Å²) in [5, 5.41) is 2.89. The number of carbonyl (C=O) groups is 1. The van der Waals surface area contributed by atoms with Crippen LogP contribution in [0.1, 0.15) is 17.0 Å². The fraction of sp³-hybridized carbons (Fsp3) is 0.200. The van der Waals surface area contributed by atoms with Gasteiger partial charge < -0.3 is 14.6 Å². The fourth-order valence-corrected chi connectivity index (χ4v) is 3.06. The first kappa shape index (κ1) is 15.4. The van der Waals surface area contributed by atoms with Gasteiger partial charge in [-0.3, -0.25) is 4.79 Å². The van der Waals surface area contributed by atoms with Gasteiger partial charge >= 0.3 is 0 Å². The van der Waals surface area contributed by atoms with Gasteiger partial charge in [-0.25, -0.2) is 4.98 Å². The van der Waals surface area contributed by atoms with Crippen molar-refractivity contribution in [3.8, 4) is 5.75 Å². The summed E-state index contributed by atoms with van der Waals surface area (Å²) in [6.45, 7) is 1.13. The average Bonchev–Trinajstić information content (AvgIpc) is 3.22. The van der Waals surface area contributed by atoms with Crippen LogP contribution in [0.4, 0.5) is 0 Å². The Morgan fingerprint density at radius 3 is 3.08 bits per heavy atom. The van der Waals surface area contributed by atoms with Crippen LogP contribution in [0.25, 0.3) is 17.1 Å². The fourth-order valence-electron chi connectivity index (χ4n) is 3.06. The van der Waals surface area contributed by atoms with E-state index in [1.165, 1.54) is 5.56 Å². The maximum absolute atomic E-state index is 12.1. The summed E-state index contributed by atoms with van der Waals surface area (Å²) in [6.07, 6.45) is 4.30. The number of nitrogens with zero attached hydrogens (tertiary/aromatic N) is 2. The number of benzene rings is 2. The van der Waals surface area contributed by atoms with Crippen LogP contribution < -0.4 is 10.1 Å². The zero-order valence-corrected chi connectivity index (χ0v) is 14.0. The highest BCUT2D eigenvalue weighted by atomic mass is 16.5. The molecule has 0 fully saturated rings. The van der Waals surface area contributed by atoms with E-state index in [0.717, 1.165) is 41.2 Å². The van der Waals surface area contributed by atoms with E-state index in [1.807, 2.05) is 54.1 Å². The summed E-state index contributed by atoms with van der Waals surface area (Å²) >= 11 is 0. The molecule has 0 saturated heterocycles. The summed E-state index contributed by atoms with van der Waals surface area (Å²) in [6, 6.07) is 13.9. The number of hydrogen-bond donors (Lipinski definition) is 1. The predicted octanol–water partition coefficient (Wildman–Crippen LogP) is 2.84. The van der Waals surface area contributed by atoms with Crippen LogP contribution in [0.15, 0.2) is 48.5 Å². The Morgan fingerprint density at radius 1 is 1.32 bits per heavy atom. The zero-order valence-electron chi connectivity index (χ0n) is 14.0. The van der Waals surface area contributed by atoms with Crippen molar-refractivity contribution in [1.82, 2.24) is 14.9 Å². The van der Waals surface area contributed by atoms with Gasteiger partial charge in [-0.15, -0.1) is 0 Å². The summed E-state index contributed by atoms with van der Waals surface area (Å²) in [5.74, 6) is 1.64. The molecule has 0 aliphatic carbocycles. The molecule has 0 bridgehead atoms. The van der Waals surface area contributed by atoms with Crippen molar-refractivity contribution in [2.45, 2.75) is 13.0 Å². The number of aryl methyl sites for hydroxylation is 1. The van der Waals surface area contributed by atoms with Crippen molar-refractivity contribution in [3.63, 3.8) is 0 Å². The normalized spacial score (nSPS) is 13.2. The molecule has 1 aliphatic heterocycles. The standard InChI is InChI=1S/C20H19N3O2/c1-23-17-5-3-2-4-16(17)22-19(23)13-21-20(24)9-7-14-6-8-18-15(12-14)10-11-25-18/h2-9,12H,10-11,13H2,1H3,(H,21,24)/b9-7+. The minimum Gasteiger partial charge on any atom is -0.493 e. The van der Waals surface area contributed by atoms with E-state index in [0.29, 0.717) is 6.54 Å². The maximum Gasteiger partial charge on any atom is 0.244 e. The number of ether oxygens (including phenoxy) is 1. The summed E-state index contributed by atoms with van der Waals surface area (Å²) in [7, 11) is 1.96. The molecule has 4 rings (SSSR count). The van der Waals surface area contributed by atoms with E-state index in [2.05, 4.69) is 16.4 Å². The summed E-state index contributed by atoms with van der Waals surface area (Å²) < 4.78 is 7.49. The van der Waals surface area contributed by atoms with E-state index >= 15 is 0 Å². The first-order valence-corrected chi connectivity index (χ1v) is 8.33. The number of carbonyl (C=O) groups excluding carboxylic acids is 1. The van der Waals surface area contributed by atoms with Crippen molar-refractivity contribution >= 4 is 23.0 Å². The van der Waals surface area contributed by atoms with Gasteiger partial charge in [0.25, 0.3) is 0 Å². The molecular weight excluding hydrogens is 314 g/mol. The lowest BCUT2D eigenvalue weighted by Crippen LogP contribution is -2.22. The topological polar surface area (TPSA) is 56.2 Å². The highest BCUT2D eigenvalue weighted by Crippen LogP contribution is 2.26. The summed E-state index contributed by atoms with van der Waals surface area (Å²) in [4.78, 5) is 16.6. The molecule has 0 saturated carbocycles. The largest absolute Gasteiger partial charge is 0.493 e. The second kappa shape index (κ2) is 6.43. The molecule has 2 aromatic carbocycles. The molecule has 0 unspecified atom stereocenters. The second-order valence-electron chi connectivity index (χ2n) is 6.09. The highest BCUT2D eigenvalue weighted by molar-refractivity contribution is 5.91.